The predicted octanol–water partition coefficient (Wildman–Crippen LogP) is 0.705. The fourth-order valence-corrected chi connectivity index (χ4v) is 2.32. The van der Waals surface area contributed by atoms with E-state index in [1.54, 1.807) is 16.7 Å². The van der Waals surface area contributed by atoms with E-state index >= 15 is 0 Å². The smallest absolute Gasteiger partial charge is 0.253 e. The zero-order valence-electron chi connectivity index (χ0n) is 12.1. The first-order valence-electron chi connectivity index (χ1n) is 7.06. The van der Waals surface area contributed by atoms with E-state index in [1.807, 2.05) is 0 Å². The van der Waals surface area contributed by atoms with Crippen LogP contribution in [0.25, 0.3) is 0 Å². The van der Waals surface area contributed by atoms with Gasteiger partial charge in [-0.2, -0.15) is 0 Å². The van der Waals surface area contributed by atoms with Crippen molar-refractivity contribution < 1.29 is 14.0 Å². The number of hydrogen-bond donors (Lipinski definition) is 1. The van der Waals surface area contributed by atoms with E-state index in [0.717, 1.165) is 0 Å². The molecule has 5 nitrogen and oxygen atoms in total. The summed E-state index contributed by atoms with van der Waals surface area (Å²) in [5.41, 5.74) is 5.97. The number of carbonyl (C=O) groups is 2. The molecule has 1 fully saturated rings. The normalized spacial score (nSPS) is 16.7. The van der Waals surface area contributed by atoms with Gasteiger partial charge in [0.05, 0.1) is 0 Å². The molecule has 1 heterocycles. The molecule has 2 rings (SSSR count). The second kappa shape index (κ2) is 6.67. The summed E-state index contributed by atoms with van der Waals surface area (Å²) in [6, 6.07) is 5.50. The standard InChI is InChI=1S/C15H20FN3O2/c1-11(10-17)14(20)18-6-8-19(9-7-18)15(21)12-2-4-13(16)5-3-12/h2-5,11H,6-10,17H2,1H3. The Morgan fingerprint density at radius 2 is 1.67 bits per heavy atom. The zero-order valence-corrected chi connectivity index (χ0v) is 12.1. The molecule has 0 radical (unpaired) electrons. The first-order chi connectivity index (χ1) is 10.0. The molecule has 0 bridgehead atoms. The molecule has 1 aromatic carbocycles. The number of halogens is 1. The Morgan fingerprint density at radius 3 is 2.19 bits per heavy atom. The maximum atomic E-state index is 12.9. The quantitative estimate of drug-likeness (QED) is 0.892. The maximum absolute atomic E-state index is 12.9. The summed E-state index contributed by atoms with van der Waals surface area (Å²) in [5.74, 6) is -0.651. The van der Waals surface area contributed by atoms with E-state index in [4.69, 9.17) is 5.73 Å². The monoisotopic (exact) mass is 293 g/mol. The van der Waals surface area contributed by atoms with Crippen molar-refractivity contribution in [2.45, 2.75) is 6.92 Å². The third-order valence-corrected chi connectivity index (χ3v) is 3.74. The molecule has 6 heteroatoms. The third kappa shape index (κ3) is 3.58. The van der Waals surface area contributed by atoms with Gasteiger partial charge in [0.1, 0.15) is 5.82 Å². The Labute approximate surface area is 123 Å². The second-order valence-corrected chi connectivity index (χ2v) is 5.26. The van der Waals surface area contributed by atoms with Crippen molar-refractivity contribution in [3.8, 4) is 0 Å². The molecule has 21 heavy (non-hydrogen) atoms. The van der Waals surface area contributed by atoms with Crippen LogP contribution in [0.3, 0.4) is 0 Å². The molecule has 0 aromatic heterocycles. The van der Waals surface area contributed by atoms with Crippen LogP contribution < -0.4 is 5.73 Å². The van der Waals surface area contributed by atoms with Crippen LogP contribution in [0.5, 0.6) is 0 Å². The predicted molar refractivity (Wildman–Crippen MR) is 77.1 cm³/mol. The van der Waals surface area contributed by atoms with Crippen molar-refractivity contribution in [3.05, 3.63) is 35.6 Å². The minimum absolute atomic E-state index is 0.0337. The molecule has 1 unspecified atom stereocenters. The Morgan fingerprint density at radius 1 is 1.14 bits per heavy atom. The van der Waals surface area contributed by atoms with Crippen molar-refractivity contribution in [2.24, 2.45) is 11.7 Å². The maximum Gasteiger partial charge on any atom is 0.253 e. The molecule has 114 valence electrons. The number of amides is 2. The van der Waals surface area contributed by atoms with Crippen LogP contribution in [0, 0.1) is 11.7 Å². The number of hydrogen-bond acceptors (Lipinski definition) is 3. The number of carbonyl (C=O) groups excluding carboxylic acids is 2. The molecule has 0 saturated carbocycles. The van der Waals surface area contributed by atoms with E-state index < -0.39 is 0 Å². The Hall–Kier alpha value is -1.95. The van der Waals surface area contributed by atoms with Crippen LogP contribution in [-0.4, -0.2) is 54.3 Å². The highest BCUT2D eigenvalue weighted by Crippen LogP contribution is 2.11. The highest BCUT2D eigenvalue weighted by Gasteiger charge is 2.26. The summed E-state index contributed by atoms with van der Waals surface area (Å²) in [5, 5.41) is 0. The summed E-state index contributed by atoms with van der Waals surface area (Å²) in [6.45, 7) is 4.12. The number of nitrogens with two attached hydrogens (primary N) is 1. The molecule has 0 aliphatic carbocycles. The first kappa shape index (κ1) is 15.4. The molecule has 1 aliphatic rings. The first-order valence-corrected chi connectivity index (χ1v) is 7.06. The molecule has 1 atom stereocenters. The minimum atomic E-state index is -0.363. The van der Waals surface area contributed by atoms with E-state index in [1.165, 1.54) is 24.3 Å². The Balaban J connectivity index is 1.93. The van der Waals surface area contributed by atoms with Gasteiger partial charge in [-0.05, 0) is 24.3 Å². The lowest BCUT2D eigenvalue weighted by Gasteiger charge is -2.36. The van der Waals surface area contributed by atoms with Crippen molar-refractivity contribution in [1.82, 2.24) is 9.80 Å². The number of benzene rings is 1. The van der Waals surface area contributed by atoms with E-state index in [0.29, 0.717) is 38.3 Å². The van der Waals surface area contributed by atoms with Gasteiger partial charge in [0.15, 0.2) is 0 Å². The van der Waals surface area contributed by atoms with Gasteiger partial charge < -0.3 is 15.5 Å². The molecule has 0 spiro atoms. The number of rotatable bonds is 3. The Kier molecular flexibility index (Phi) is 4.90. The molecular formula is C15H20FN3O2. The van der Waals surface area contributed by atoms with Gasteiger partial charge in [-0.25, -0.2) is 4.39 Å². The zero-order chi connectivity index (χ0) is 15.4. The van der Waals surface area contributed by atoms with Crippen LogP contribution >= 0.6 is 0 Å². The number of nitrogens with zero attached hydrogens (tertiary/aromatic N) is 2. The lowest BCUT2D eigenvalue weighted by molar-refractivity contribution is -0.136. The lowest BCUT2D eigenvalue weighted by atomic mass is 10.1. The van der Waals surface area contributed by atoms with E-state index in [-0.39, 0.29) is 23.5 Å². The fourth-order valence-electron chi connectivity index (χ4n) is 2.32. The minimum Gasteiger partial charge on any atom is -0.339 e. The van der Waals surface area contributed by atoms with Crippen molar-refractivity contribution in [3.63, 3.8) is 0 Å². The SMILES string of the molecule is CC(CN)C(=O)N1CCN(C(=O)c2ccc(F)cc2)CC1. The fraction of sp³-hybridized carbons (Fsp3) is 0.467. The average molecular weight is 293 g/mol. The largest absolute Gasteiger partial charge is 0.339 e. The highest BCUT2D eigenvalue weighted by atomic mass is 19.1. The van der Waals surface area contributed by atoms with Gasteiger partial charge in [0.25, 0.3) is 5.91 Å². The molecule has 1 aliphatic heterocycles. The van der Waals surface area contributed by atoms with Crippen LogP contribution in [0.2, 0.25) is 0 Å². The summed E-state index contributed by atoms with van der Waals surface area (Å²) in [7, 11) is 0. The molecule has 1 saturated heterocycles. The van der Waals surface area contributed by atoms with Gasteiger partial charge in [0, 0.05) is 44.2 Å². The third-order valence-electron chi connectivity index (χ3n) is 3.74. The van der Waals surface area contributed by atoms with Crippen molar-refractivity contribution in [1.29, 1.82) is 0 Å². The van der Waals surface area contributed by atoms with Crippen LogP contribution in [0.4, 0.5) is 4.39 Å². The highest BCUT2D eigenvalue weighted by molar-refractivity contribution is 5.94. The van der Waals surface area contributed by atoms with E-state index in [2.05, 4.69) is 0 Å². The molecular weight excluding hydrogens is 273 g/mol. The van der Waals surface area contributed by atoms with Crippen LogP contribution in [0.1, 0.15) is 17.3 Å². The topological polar surface area (TPSA) is 66.6 Å². The van der Waals surface area contributed by atoms with Crippen molar-refractivity contribution in [2.75, 3.05) is 32.7 Å². The summed E-state index contributed by atoms with van der Waals surface area (Å²) >= 11 is 0. The Bertz CT molecular complexity index is 510. The lowest BCUT2D eigenvalue weighted by Crippen LogP contribution is -2.52. The van der Waals surface area contributed by atoms with Gasteiger partial charge in [0.2, 0.25) is 5.91 Å². The number of piperazine rings is 1. The van der Waals surface area contributed by atoms with Crippen LogP contribution in [-0.2, 0) is 4.79 Å². The molecule has 2 N–H and O–H groups in total. The van der Waals surface area contributed by atoms with E-state index in [9.17, 15) is 14.0 Å². The van der Waals surface area contributed by atoms with Gasteiger partial charge in [-0.15, -0.1) is 0 Å². The molecule has 1 aromatic rings. The second-order valence-electron chi connectivity index (χ2n) is 5.26. The van der Waals surface area contributed by atoms with Gasteiger partial charge in [-0.1, -0.05) is 6.92 Å². The molecule has 2 amide bonds. The van der Waals surface area contributed by atoms with Gasteiger partial charge >= 0.3 is 0 Å². The van der Waals surface area contributed by atoms with Crippen LogP contribution in [0.15, 0.2) is 24.3 Å². The summed E-state index contributed by atoms with van der Waals surface area (Å²) < 4.78 is 12.9. The van der Waals surface area contributed by atoms with Gasteiger partial charge in [-0.3, -0.25) is 9.59 Å². The van der Waals surface area contributed by atoms with Crippen molar-refractivity contribution >= 4 is 11.8 Å². The summed E-state index contributed by atoms with van der Waals surface area (Å²) in [6.07, 6.45) is 0. The summed E-state index contributed by atoms with van der Waals surface area (Å²) in [4.78, 5) is 27.7. The average Bonchev–Trinajstić information content (AvgIpc) is 2.53.